The first-order valence-corrected chi connectivity index (χ1v) is 12.7. The molecule has 6 nitrogen and oxygen atoms in total. The van der Waals surface area contributed by atoms with Crippen LogP contribution in [0.5, 0.6) is 0 Å². The van der Waals surface area contributed by atoms with E-state index in [4.69, 9.17) is 0 Å². The number of para-hydroxylation sites is 1. The van der Waals surface area contributed by atoms with Crippen LogP contribution in [0.3, 0.4) is 0 Å². The molecule has 2 aromatic rings. The van der Waals surface area contributed by atoms with Gasteiger partial charge in [0.25, 0.3) is 0 Å². The fraction of sp³-hybridized carbons (Fsp3) is 0.458. The fourth-order valence-electron chi connectivity index (χ4n) is 3.84. The zero-order valence-corrected chi connectivity index (χ0v) is 19.0. The number of carbonyl (C=O) groups excluding carboxylic acids is 1. The van der Waals surface area contributed by atoms with Gasteiger partial charge in [0.1, 0.15) is 0 Å². The second kappa shape index (κ2) is 11.3. The van der Waals surface area contributed by atoms with Gasteiger partial charge in [0, 0.05) is 36.9 Å². The maximum Gasteiger partial charge on any atom is 0.240 e. The fourth-order valence-corrected chi connectivity index (χ4v) is 4.92. The van der Waals surface area contributed by atoms with Gasteiger partial charge in [-0.3, -0.25) is 4.79 Å². The van der Waals surface area contributed by atoms with E-state index < -0.39 is 10.0 Å². The molecule has 0 radical (unpaired) electrons. The average Bonchev–Trinajstić information content (AvgIpc) is 2.80. The lowest BCUT2D eigenvalue weighted by Crippen LogP contribution is -2.38. The van der Waals surface area contributed by atoms with Crippen molar-refractivity contribution in [3.8, 4) is 0 Å². The Bertz CT molecular complexity index is 922. The normalized spacial score (nSPS) is 15.1. The van der Waals surface area contributed by atoms with E-state index >= 15 is 0 Å². The van der Waals surface area contributed by atoms with Crippen LogP contribution in [0.4, 0.5) is 11.4 Å². The zero-order valence-electron chi connectivity index (χ0n) is 18.2. The number of hydrogen-bond acceptors (Lipinski definition) is 4. The summed E-state index contributed by atoms with van der Waals surface area (Å²) in [5.41, 5.74) is 1.81. The first-order valence-electron chi connectivity index (χ1n) is 11.2. The van der Waals surface area contributed by atoms with Gasteiger partial charge in [-0.05, 0) is 55.7 Å². The Morgan fingerprint density at radius 2 is 1.65 bits per heavy atom. The molecule has 2 N–H and O–H groups in total. The minimum atomic E-state index is -3.51. The van der Waals surface area contributed by atoms with Crippen molar-refractivity contribution in [3.63, 3.8) is 0 Å². The summed E-state index contributed by atoms with van der Waals surface area (Å²) in [5.74, 6) is -0.0365. The van der Waals surface area contributed by atoms with Crippen molar-refractivity contribution in [2.75, 3.05) is 29.9 Å². The number of sulfonamides is 1. The minimum Gasteiger partial charge on any atom is -0.371 e. The summed E-state index contributed by atoms with van der Waals surface area (Å²) >= 11 is 0. The third kappa shape index (κ3) is 6.80. The molecule has 7 heteroatoms. The summed E-state index contributed by atoms with van der Waals surface area (Å²) in [6, 6.07) is 16.6. The van der Waals surface area contributed by atoms with E-state index in [2.05, 4.69) is 34.0 Å². The highest BCUT2D eigenvalue weighted by molar-refractivity contribution is 7.89. The summed E-state index contributed by atoms with van der Waals surface area (Å²) in [6.45, 7) is 4.27. The van der Waals surface area contributed by atoms with Gasteiger partial charge in [0.2, 0.25) is 15.9 Å². The molecular weight excluding hydrogens is 410 g/mol. The van der Waals surface area contributed by atoms with Gasteiger partial charge in [-0.15, -0.1) is 0 Å². The van der Waals surface area contributed by atoms with Crippen LogP contribution in [0, 0.1) is 5.92 Å². The van der Waals surface area contributed by atoms with Gasteiger partial charge in [0.15, 0.2) is 0 Å². The van der Waals surface area contributed by atoms with E-state index in [0.717, 1.165) is 51.6 Å². The number of anilines is 2. The van der Waals surface area contributed by atoms with Crippen LogP contribution in [0.2, 0.25) is 0 Å². The smallest absolute Gasteiger partial charge is 0.240 e. The maximum absolute atomic E-state index is 12.7. The second-order valence-electron chi connectivity index (χ2n) is 8.07. The molecule has 168 valence electrons. The van der Waals surface area contributed by atoms with E-state index in [1.807, 2.05) is 18.2 Å². The Hall–Kier alpha value is -2.38. The maximum atomic E-state index is 12.7. The van der Waals surface area contributed by atoms with Gasteiger partial charge in [-0.2, -0.15) is 0 Å². The Kier molecular flexibility index (Phi) is 8.49. The van der Waals surface area contributed by atoms with Crippen LogP contribution in [0.15, 0.2) is 59.5 Å². The summed E-state index contributed by atoms with van der Waals surface area (Å²) in [6.07, 6.45) is 5.69. The summed E-state index contributed by atoms with van der Waals surface area (Å²) < 4.78 is 27.4. The van der Waals surface area contributed by atoms with Crippen LogP contribution >= 0.6 is 0 Å². The molecule has 0 aliphatic carbocycles. The number of benzene rings is 2. The molecule has 0 unspecified atom stereocenters. The molecule has 1 aliphatic heterocycles. The molecule has 1 aliphatic rings. The number of unbranched alkanes of at least 4 members (excludes halogenated alkanes) is 3. The number of piperidine rings is 1. The van der Waals surface area contributed by atoms with Crippen LogP contribution in [-0.4, -0.2) is 34.0 Å². The largest absolute Gasteiger partial charge is 0.371 e. The van der Waals surface area contributed by atoms with Crippen LogP contribution in [0.1, 0.15) is 45.4 Å². The lowest BCUT2D eigenvalue weighted by molar-refractivity contribution is -0.120. The highest BCUT2D eigenvalue weighted by atomic mass is 32.2. The highest BCUT2D eigenvalue weighted by Gasteiger charge is 2.25. The van der Waals surface area contributed by atoms with Crippen molar-refractivity contribution < 1.29 is 13.2 Å². The minimum absolute atomic E-state index is 0.00244. The Balaban J connectivity index is 1.48. The van der Waals surface area contributed by atoms with Gasteiger partial charge in [0.05, 0.1) is 4.90 Å². The zero-order chi connectivity index (χ0) is 22.1. The molecule has 0 atom stereocenters. The van der Waals surface area contributed by atoms with E-state index in [9.17, 15) is 13.2 Å². The number of nitrogens with zero attached hydrogens (tertiary/aromatic N) is 1. The van der Waals surface area contributed by atoms with Crippen molar-refractivity contribution in [2.45, 2.75) is 50.3 Å². The number of hydrogen-bond donors (Lipinski definition) is 2. The Morgan fingerprint density at radius 1 is 0.968 bits per heavy atom. The quantitative estimate of drug-likeness (QED) is 0.534. The van der Waals surface area contributed by atoms with Crippen molar-refractivity contribution in [3.05, 3.63) is 54.6 Å². The Labute approximate surface area is 186 Å². The predicted octanol–water partition coefficient (Wildman–Crippen LogP) is 4.40. The molecule has 1 fully saturated rings. The van der Waals surface area contributed by atoms with Gasteiger partial charge in [-0.25, -0.2) is 13.1 Å². The van der Waals surface area contributed by atoms with Gasteiger partial charge >= 0.3 is 0 Å². The molecule has 1 saturated heterocycles. The molecule has 3 rings (SSSR count). The van der Waals surface area contributed by atoms with E-state index in [0.29, 0.717) is 12.2 Å². The van der Waals surface area contributed by atoms with Crippen molar-refractivity contribution in [1.82, 2.24) is 4.72 Å². The Morgan fingerprint density at radius 3 is 2.29 bits per heavy atom. The lowest BCUT2D eigenvalue weighted by Gasteiger charge is -2.33. The molecule has 0 bridgehead atoms. The first kappa shape index (κ1) is 23.3. The number of amides is 1. The van der Waals surface area contributed by atoms with Gasteiger partial charge in [-0.1, -0.05) is 44.4 Å². The van der Waals surface area contributed by atoms with Crippen molar-refractivity contribution in [2.24, 2.45) is 5.92 Å². The molecular formula is C24H33N3O3S. The van der Waals surface area contributed by atoms with Gasteiger partial charge < -0.3 is 10.2 Å². The van der Waals surface area contributed by atoms with E-state index in [-0.39, 0.29) is 16.7 Å². The summed E-state index contributed by atoms with van der Waals surface area (Å²) in [7, 11) is -3.51. The van der Waals surface area contributed by atoms with E-state index in [1.54, 1.807) is 24.3 Å². The van der Waals surface area contributed by atoms with Crippen LogP contribution in [0.25, 0.3) is 0 Å². The second-order valence-corrected chi connectivity index (χ2v) is 9.84. The third-order valence-electron chi connectivity index (χ3n) is 5.74. The average molecular weight is 444 g/mol. The molecule has 0 saturated carbocycles. The first-order chi connectivity index (χ1) is 15.0. The van der Waals surface area contributed by atoms with Crippen LogP contribution < -0.4 is 14.9 Å². The lowest BCUT2D eigenvalue weighted by atomic mass is 9.95. The molecule has 31 heavy (non-hydrogen) atoms. The number of rotatable bonds is 10. The number of nitrogens with one attached hydrogen (secondary N) is 2. The third-order valence-corrected chi connectivity index (χ3v) is 7.22. The molecule has 0 spiro atoms. The SMILES string of the molecule is CCCCCCNS(=O)(=O)c1ccc(NC(=O)C2CCN(c3ccccc3)CC2)cc1. The summed E-state index contributed by atoms with van der Waals surface area (Å²) in [4.78, 5) is 15.2. The van der Waals surface area contributed by atoms with Crippen molar-refractivity contribution >= 4 is 27.3 Å². The number of carbonyl (C=O) groups is 1. The summed E-state index contributed by atoms with van der Waals surface area (Å²) in [5, 5.41) is 2.94. The topological polar surface area (TPSA) is 78.5 Å². The van der Waals surface area contributed by atoms with Crippen LogP contribution in [-0.2, 0) is 14.8 Å². The highest BCUT2D eigenvalue weighted by Crippen LogP contribution is 2.24. The van der Waals surface area contributed by atoms with E-state index in [1.165, 1.54) is 5.69 Å². The van der Waals surface area contributed by atoms with Crippen molar-refractivity contribution in [1.29, 1.82) is 0 Å². The molecule has 0 aromatic heterocycles. The monoisotopic (exact) mass is 443 g/mol. The standard InChI is InChI=1S/C24H33N3O3S/c1-2-3-4-8-17-25-31(29,30)23-13-11-21(12-14-23)26-24(28)20-15-18-27(19-16-20)22-9-6-5-7-10-22/h5-7,9-14,20,25H,2-4,8,15-19H2,1H3,(H,26,28). The predicted molar refractivity (Wildman–Crippen MR) is 126 cm³/mol. The molecule has 1 heterocycles. The molecule has 2 aromatic carbocycles. The molecule has 1 amide bonds.